The summed E-state index contributed by atoms with van der Waals surface area (Å²) in [6, 6.07) is 3.77. The first kappa shape index (κ1) is 15.0. The predicted octanol–water partition coefficient (Wildman–Crippen LogP) is 1.51. The molecule has 108 valence electrons. The van der Waals surface area contributed by atoms with Gasteiger partial charge in [-0.1, -0.05) is 13.8 Å². The predicted molar refractivity (Wildman–Crippen MR) is 80.8 cm³/mol. The zero-order valence-corrected chi connectivity index (χ0v) is 13.1. The molecule has 4 nitrogen and oxygen atoms in total. The average molecular weight is 292 g/mol. The van der Waals surface area contributed by atoms with E-state index in [9.17, 15) is 4.79 Å². The Morgan fingerprint density at radius 1 is 1.50 bits per heavy atom. The zero-order valence-electron chi connectivity index (χ0n) is 12.3. The molecule has 1 fully saturated rings. The summed E-state index contributed by atoms with van der Waals surface area (Å²) in [5, 5.41) is 14.4. The minimum atomic E-state index is -0.0751. The van der Waals surface area contributed by atoms with Gasteiger partial charge in [0.05, 0.1) is 18.7 Å². The highest BCUT2D eigenvalue weighted by Gasteiger charge is 2.32. The van der Waals surface area contributed by atoms with Gasteiger partial charge < -0.3 is 10.2 Å². The van der Waals surface area contributed by atoms with Crippen LogP contribution in [-0.2, 0) is 4.79 Å². The van der Waals surface area contributed by atoms with Crippen LogP contribution in [0, 0.1) is 23.2 Å². The number of rotatable bonds is 3. The second-order valence-corrected chi connectivity index (χ2v) is 6.91. The van der Waals surface area contributed by atoms with Crippen molar-refractivity contribution >= 4 is 22.2 Å². The van der Waals surface area contributed by atoms with Crippen LogP contribution in [-0.4, -0.2) is 25.0 Å². The maximum atomic E-state index is 12.4. The molecule has 2 N–H and O–H groups in total. The van der Waals surface area contributed by atoms with Gasteiger partial charge >= 0.3 is 0 Å². The number of thiophene rings is 1. The largest absolute Gasteiger partial charge is 0.324 e. The molecule has 0 aromatic carbocycles. The Balaban J connectivity index is 2.00. The Morgan fingerprint density at radius 2 is 2.15 bits per heavy atom. The van der Waals surface area contributed by atoms with E-state index in [1.165, 1.54) is 22.7 Å². The number of nitriles is 1. The molecule has 2 heterocycles. The van der Waals surface area contributed by atoms with Gasteiger partial charge in [0.1, 0.15) is 11.1 Å². The first-order valence-electron chi connectivity index (χ1n) is 7.14. The SMILES string of the molecule is C[C@H]1C[C@H](C)C[NH+]([C@@H](C)C(=O)Nc2sccc2C#N)C1. The first-order valence-corrected chi connectivity index (χ1v) is 8.02. The molecule has 0 aliphatic carbocycles. The van der Waals surface area contributed by atoms with Crippen LogP contribution in [0.5, 0.6) is 0 Å². The lowest BCUT2D eigenvalue weighted by atomic mass is 9.91. The van der Waals surface area contributed by atoms with Crippen LogP contribution < -0.4 is 10.2 Å². The molecule has 1 aromatic heterocycles. The van der Waals surface area contributed by atoms with E-state index in [1.807, 2.05) is 12.3 Å². The molecule has 5 heteroatoms. The zero-order chi connectivity index (χ0) is 14.7. The van der Waals surface area contributed by atoms with Crippen molar-refractivity contribution in [3.63, 3.8) is 0 Å². The van der Waals surface area contributed by atoms with Gasteiger partial charge in [-0.3, -0.25) is 4.79 Å². The average Bonchev–Trinajstić information content (AvgIpc) is 2.83. The Bertz CT molecular complexity index is 509. The minimum absolute atomic E-state index is 0.0141. The van der Waals surface area contributed by atoms with Crippen molar-refractivity contribution in [2.45, 2.75) is 33.2 Å². The van der Waals surface area contributed by atoms with Crippen molar-refractivity contribution < 1.29 is 9.69 Å². The smallest absolute Gasteiger partial charge is 0.283 e. The van der Waals surface area contributed by atoms with Crippen LogP contribution in [0.3, 0.4) is 0 Å². The standard InChI is InChI=1S/C15H21N3OS/c1-10-6-11(2)9-18(8-10)12(3)14(19)17-15-13(7-16)4-5-20-15/h4-5,10-12H,6,8-9H2,1-3H3,(H,17,19)/p+1/t10-,11-,12-/m0/s1. The molecule has 0 unspecified atom stereocenters. The lowest BCUT2D eigenvalue weighted by molar-refractivity contribution is -0.925. The van der Waals surface area contributed by atoms with E-state index >= 15 is 0 Å². The van der Waals surface area contributed by atoms with E-state index in [4.69, 9.17) is 5.26 Å². The maximum absolute atomic E-state index is 12.4. The Kier molecular flexibility index (Phi) is 4.79. The summed E-state index contributed by atoms with van der Waals surface area (Å²) in [6.07, 6.45) is 1.25. The molecule has 0 bridgehead atoms. The highest BCUT2D eigenvalue weighted by atomic mass is 32.1. The number of piperidine rings is 1. The summed E-state index contributed by atoms with van der Waals surface area (Å²) < 4.78 is 0. The number of anilines is 1. The molecule has 1 aliphatic rings. The third kappa shape index (κ3) is 3.38. The third-order valence-electron chi connectivity index (χ3n) is 4.05. The molecule has 1 aliphatic heterocycles. The van der Waals surface area contributed by atoms with Gasteiger partial charge in [-0.2, -0.15) is 5.26 Å². The van der Waals surface area contributed by atoms with Gasteiger partial charge in [0.25, 0.3) is 5.91 Å². The van der Waals surface area contributed by atoms with Crippen LogP contribution in [0.2, 0.25) is 0 Å². The Labute approximate surface area is 124 Å². The van der Waals surface area contributed by atoms with Crippen molar-refractivity contribution in [1.29, 1.82) is 5.26 Å². The molecule has 1 amide bonds. The molecular formula is C15H22N3OS+. The molecular weight excluding hydrogens is 270 g/mol. The highest BCUT2D eigenvalue weighted by Crippen LogP contribution is 2.22. The van der Waals surface area contributed by atoms with Crippen molar-refractivity contribution in [1.82, 2.24) is 0 Å². The fraction of sp³-hybridized carbons (Fsp3) is 0.600. The second kappa shape index (κ2) is 6.38. The molecule has 2 rings (SSSR count). The second-order valence-electron chi connectivity index (χ2n) is 6.00. The maximum Gasteiger partial charge on any atom is 0.283 e. The molecule has 0 saturated carbocycles. The topological polar surface area (TPSA) is 57.3 Å². The number of carbonyl (C=O) groups excluding carboxylic acids is 1. The number of hydrogen-bond acceptors (Lipinski definition) is 3. The van der Waals surface area contributed by atoms with Gasteiger partial charge in [0.15, 0.2) is 6.04 Å². The monoisotopic (exact) mass is 292 g/mol. The van der Waals surface area contributed by atoms with Crippen molar-refractivity contribution in [2.24, 2.45) is 11.8 Å². The lowest BCUT2D eigenvalue weighted by Crippen LogP contribution is -3.18. The first-order chi connectivity index (χ1) is 9.51. The Morgan fingerprint density at radius 3 is 2.75 bits per heavy atom. The number of carbonyl (C=O) groups is 1. The van der Waals surface area contributed by atoms with E-state index in [0.717, 1.165) is 13.1 Å². The van der Waals surface area contributed by atoms with Crippen molar-refractivity contribution in [3.8, 4) is 6.07 Å². The fourth-order valence-electron chi connectivity index (χ4n) is 3.09. The lowest BCUT2D eigenvalue weighted by Gasteiger charge is -2.35. The van der Waals surface area contributed by atoms with Gasteiger partial charge in [0, 0.05) is 11.8 Å². The summed E-state index contributed by atoms with van der Waals surface area (Å²) in [5.74, 6) is 1.35. The van der Waals surface area contributed by atoms with Crippen LogP contribution >= 0.6 is 11.3 Å². The summed E-state index contributed by atoms with van der Waals surface area (Å²) in [5.41, 5.74) is 0.547. The van der Waals surface area contributed by atoms with E-state index in [-0.39, 0.29) is 11.9 Å². The van der Waals surface area contributed by atoms with E-state index in [0.29, 0.717) is 22.4 Å². The number of nitrogens with one attached hydrogen (secondary N) is 2. The van der Waals surface area contributed by atoms with Crippen molar-refractivity contribution in [2.75, 3.05) is 18.4 Å². The molecule has 1 saturated heterocycles. The normalized spacial score (nSPS) is 27.6. The van der Waals surface area contributed by atoms with Gasteiger partial charge in [0.2, 0.25) is 0 Å². The van der Waals surface area contributed by atoms with Crippen LogP contribution in [0.4, 0.5) is 5.00 Å². The van der Waals surface area contributed by atoms with E-state index in [1.54, 1.807) is 6.07 Å². The highest BCUT2D eigenvalue weighted by molar-refractivity contribution is 7.14. The minimum Gasteiger partial charge on any atom is -0.324 e. The van der Waals surface area contributed by atoms with Gasteiger partial charge in [-0.05, 0) is 24.8 Å². The van der Waals surface area contributed by atoms with Crippen LogP contribution in [0.1, 0.15) is 32.8 Å². The third-order valence-corrected chi connectivity index (χ3v) is 4.88. The van der Waals surface area contributed by atoms with Crippen LogP contribution in [0.25, 0.3) is 0 Å². The van der Waals surface area contributed by atoms with E-state index < -0.39 is 0 Å². The van der Waals surface area contributed by atoms with Crippen molar-refractivity contribution in [3.05, 3.63) is 17.0 Å². The summed E-state index contributed by atoms with van der Waals surface area (Å²) in [4.78, 5) is 13.7. The van der Waals surface area contributed by atoms with Gasteiger partial charge in [-0.15, -0.1) is 11.3 Å². The van der Waals surface area contributed by atoms with Crippen LogP contribution in [0.15, 0.2) is 11.4 Å². The molecule has 20 heavy (non-hydrogen) atoms. The molecule has 0 radical (unpaired) electrons. The molecule has 0 spiro atoms. The number of nitrogens with zero attached hydrogens (tertiary/aromatic N) is 1. The Hall–Kier alpha value is -1.38. The summed E-state index contributed by atoms with van der Waals surface area (Å²) in [6.45, 7) is 8.60. The van der Waals surface area contributed by atoms with Gasteiger partial charge in [-0.25, -0.2) is 0 Å². The number of hydrogen-bond donors (Lipinski definition) is 2. The molecule has 3 atom stereocenters. The van der Waals surface area contributed by atoms with E-state index in [2.05, 4.69) is 25.2 Å². The fourth-order valence-corrected chi connectivity index (χ4v) is 3.83. The quantitative estimate of drug-likeness (QED) is 0.887. The number of amides is 1. The summed E-state index contributed by atoms with van der Waals surface area (Å²) >= 11 is 1.40. The number of quaternary nitrogens is 1. The summed E-state index contributed by atoms with van der Waals surface area (Å²) in [7, 11) is 0. The number of likely N-dealkylation sites (tertiary alicyclic amines) is 1. The molecule has 1 aromatic rings.